The van der Waals surface area contributed by atoms with Crippen LogP contribution in [-0.2, 0) is 17.1 Å². The summed E-state index contributed by atoms with van der Waals surface area (Å²) in [5.41, 5.74) is -1.29. The van der Waals surface area contributed by atoms with Crippen molar-refractivity contribution in [2.45, 2.75) is 25.5 Å². The Balaban J connectivity index is 0.000000676. The molecule has 4 rings (SSSR count). The molecule has 0 fully saturated rings. The maximum Gasteiger partial charge on any atom is 0.490 e. The van der Waals surface area contributed by atoms with E-state index in [4.69, 9.17) is 9.90 Å². The first-order valence-electron chi connectivity index (χ1n) is 11.9. The average Bonchev–Trinajstić information content (AvgIpc) is 2.94. The Bertz CT molecular complexity index is 1610. The van der Waals surface area contributed by atoms with Crippen molar-refractivity contribution >= 4 is 29.2 Å². The molecule has 232 valence electrons. The van der Waals surface area contributed by atoms with Gasteiger partial charge in [-0.25, -0.2) is 14.8 Å². The fourth-order valence-corrected chi connectivity index (χ4v) is 3.34. The number of carbonyl (C=O) groups excluding carboxylic acids is 1. The highest BCUT2D eigenvalue weighted by Crippen LogP contribution is 2.36. The van der Waals surface area contributed by atoms with Gasteiger partial charge in [-0.05, 0) is 61.0 Å². The van der Waals surface area contributed by atoms with E-state index in [0.717, 1.165) is 5.56 Å². The molecule has 2 heterocycles. The van der Waals surface area contributed by atoms with E-state index >= 15 is 0 Å². The fraction of sp³-hybridized carbons (Fsp3) is 0.148. The van der Waals surface area contributed by atoms with Crippen molar-refractivity contribution < 1.29 is 54.2 Å². The first-order valence-corrected chi connectivity index (χ1v) is 11.9. The molecule has 0 aliphatic rings. The molecule has 17 heteroatoms. The Morgan fingerprint density at radius 1 is 0.818 bits per heavy atom. The number of nitrogens with one attached hydrogen (secondary N) is 2. The monoisotopic (exact) mass is 631 g/mol. The van der Waals surface area contributed by atoms with Gasteiger partial charge in [0.2, 0.25) is 5.95 Å². The van der Waals surface area contributed by atoms with Crippen LogP contribution in [0, 0.1) is 6.92 Å². The van der Waals surface area contributed by atoms with Crippen LogP contribution in [0.3, 0.4) is 0 Å². The Labute approximate surface area is 241 Å². The van der Waals surface area contributed by atoms with Crippen molar-refractivity contribution in [3.8, 4) is 11.3 Å². The molecule has 0 unspecified atom stereocenters. The zero-order valence-electron chi connectivity index (χ0n) is 21.9. The first kappa shape index (κ1) is 33.3. The summed E-state index contributed by atoms with van der Waals surface area (Å²) in [5.74, 6) is -3.67. The van der Waals surface area contributed by atoms with Gasteiger partial charge in [0, 0.05) is 41.1 Å². The van der Waals surface area contributed by atoms with E-state index in [2.05, 4.69) is 25.6 Å². The zero-order valence-corrected chi connectivity index (χ0v) is 21.9. The number of carbonyl (C=O) groups is 2. The molecule has 2 aromatic heterocycles. The van der Waals surface area contributed by atoms with E-state index in [1.165, 1.54) is 18.3 Å². The second-order valence-electron chi connectivity index (χ2n) is 8.71. The van der Waals surface area contributed by atoms with Gasteiger partial charge < -0.3 is 15.7 Å². The number of benzene rings is 2. The number of halogens is 9. The van der Waals surface area contributed by atoms with E-state index in [1.807, 2.05) is 6.07 Å². The predicted octanol–water partition coefficient (Wildman–Crippen LogP) is 7.51. The van der Waals surface area contributed by atoms with Crippen molar-refractivity contribution in [1.82, 2.24) is 15.0 Å². The molecule has 0 aliphatic carbocycles. The SMILES string of the molecule is Cc1ccc(NC(=O)c2cc(C(F)(F)F)cc(C(F)(F)F)c2)cc1Nc1nccc(-c2cccnc2)n1.O=C(O)C(F)(F)F. The molecular weight excluding hydrogens is 613 g/mol. The van der Waals surface area contributed by atoms with Crippen LogP contribution in [0.5, 0.6) is 0 Å². The molecule has 0 atom stereocenters. The third-order valence-corrected chi connectivity index (χ3v) is 5.45. The number of carboxylic acids is 1. The summed E-state index contributed by atoms with van der Waals surface area (Å²) in [5, 5.41) is 12.5. The molecule has 0 saturated heterocycles. The Kier molecular flexibility index (Phi) is 9.81. The largest absolute Gasteiger partial charge is 0.490 e. The van der Waals surface area contributed by atoms with Crippen LogP contribution in [-0.4, -0.2) is 38.1 Å². The lowest BCUT2D eigenvalue weighted by Crippen LogP contribution is -2.21. The Morgan fingerprint density at radius 2 is 1.43 bits per heavy atom. The molecule has 1 amide bonds. The van der Waals surface area contributed by atoms with Gasteiger partial charge in [-0.2, -0.15) is 39.5 Å². The van der Waals surface area contributed by atoms with Gasteiger partial charge in [0.15, 0.2) is 0 Å². The number of rotatable bonds is 5. The Hall–Kier alpha value is -5.22. The van der Waals surface area contributed by atoms with Crippen LogP contribution < -0.4 is 10.6 Å². The van der Waals surface area contributed by atoms with E-state index < -0.39 is 47.1 Å². The summed E-state index contributed by atoms with van der Waals surface area (Å²) in [4.78, 5) is 34.2. The summed E-state index contributed by atoms with van der Waals surface area (Å²) in [6, 6.07) is 10.5. The molecule has 0 bridgehead atoms. The standard InChI is InChI=1S/C25H17F6N5O.C2HF3O2/c1-14-4-5-19(12-21(14)36-23-33-8-6-20(35-23)15-3-2-7-32-13-15)34-22(37)16-9-17(24(26,27)28)11-18(10-16)25(29,30)31;3-2(4,5)1(6)7/h2-13H,1H3,(H,34,37)(H,33,35,36);(H,6,7). The maximum atomic E-state index is 13.1. The lowest BCUT2D eigenvalue weighted by atomic mass is 10.0. The van der Waals surface area contributed by atoms with Crippen molar-refractivity contribution in [2.24, 2.45) is 0 Å². The molecular formula is C27H18F9N5O3. The summed E-state index contributed by atoms with van der Waals surface area (Å²) >= 11 is 0. The predicted molar refractivity (Wildman–Crippen MR) is 138 cm³/mol. The minimum Gasteiger partial charge on any atom is -0.475 e. The number of aryl methyl sites for hydroxylation is 1. The lowest BCUT2D eigenvalue weighted by molar-refractivity contribution is -0.192. The van der Waals surface area contributed by atoms with Crippen LogP contribution in [0.1, 0.15) is 27.0 Å². The number of amides is 1. The van der Waals surface area contributed by atoms with Crippen LogP contribution >= 0.6 is 0 Å². The Morgan fingerprint density at radius 3 is 1.95 bits per heavy atom. The van der Waals surface area contributed by atoms with Crippen molar-refractivity contribution in [3.63, 3.8) is 0 Å². The lowest BCUT2D eigenvalue weighted by Gasteiger charge is -2.15. The number of carboxylic acid groups (broad SMARTS) is 1. The number of aromatic nitrogens is 3. The number of anilines is 3. The highest BCUT2D eigenvalue weighted by Gasteiger charge is 2.38. The molecule has 4 aromatic rings. The van der Waals surface area contributed by atoms with Crippen molar-refractivity contribution in [1.29, 1.82) is 0 Å². The summed E-state index contributed by atoms with van der Waals surface area (Å²) in [6.45, 7) is 1.75. The molecule has 0 spiro atoms. The van der Waals surface area contributed by atoms with Gasteiger partial charge in [0.25, 0.3) is 5.91 Å². The fourth-order valence-electron chi connectivity index (χ4n) is 3.34. The van der Waals surface area contributed by atoms with Crippen LogP contribution in [0.15, 0.2) is 73.2 Å². The van der Waals surface area contributed by atoms with Crippen LogP contribution in [0.25, 0.3) is 11.3 Å². The van der Waals surface area contributed by atoms with Crippen LogP contribution in [0.4, 0.5) is 56.8 Å². The van der Waals surface area contributed by atoms with Gasteiger partial charge in [0.1, 0.15) is 0 Å². The van der Waals surface area contributed by atoms with Gasteiger partial charge in [-0.15, -0.1) is 0 Å². The second-order valence-corrected chi connectivity index (χ2v) is 8.71. The van der Waals surface area contributed by atoms with Gasteiger partial charge in [0.05, 0.1) is 16.8 Å². The van der Waals surface area contributed by atoms with E-state index in [1.54, 1.807) is 37.5 Å². The number of pyridine rings is 1. The minimum absolute atomic E-state index is 0.0374. The van der Waals surface area contributed by atoms with Gasteiger partial charge >= 0.3 is 24.5 Å². The zero-order chi connectivity index (χ0) is 32.9. The van der Waals surface area contributed by atoms with Gasteiger partial charge in [-0.3, -0.25) is 9.78 Å². The normalized spacial score (nSPS) is 11.7. The number of nitrogens with zero attached hydrogens (tertiary/aromatic N) is 3. The highest BCUT2D eigenvalue weighted by molar-refractivity contribution is 6.04. The molecule has 44 heavy (non-hydrogen) atoms. The molecule has 0 radical (unpaired) electrons. The van der Waals surface area contributed by atoms with E-state index in [-0.39, 0.29) is 17.7 Å². The van der Waals surface area contributed by atoms with Gasteiger partial charge in [-0.1, -0.05) is 6.07 Å². The summed E-state index contributed by atoms with van der Waals surface area (Å²) in [7, 11) is 0. The number of aliphatic carboxylic acids is 1. The summed E-state index contributed by atoms with van der Waals surface area (Å²) in [6.07, 6.45) is -10.4. The topological polar surface area (TPSA) is 117 Å². The third kappa shape index (κ3) is 9.14. The molecule has 0 aliphatic heterocycles. The smallest absolute Gasteiger partial charge is 0.475 e. The number of hydrogen-bond acceptors (Lipinski definition) is 6. The quantitative estimate of drug-likeness (QED) is 0.195. The van der Waals surface area contributed by atoms with Crippen molar-refractivity contribution in [2.75, 3.05) is 10.6 Å². The summed E-state index contributed by atoms with van der Waals surface area (Å²) < 4.78 is 111. The van der Waals surface area contributed by atoms with E-state index in [9.17, 15) is 44.3 Å². The number of hydrogen-bond donors (Lipinski definition) is 3. The average molecular weight is 631 g/mol. The highest BCUT2D eigenvalue weighted by atomic mass is 19.4. The maximum absolute atomic E-state index is 13.1. The molecule has 2 aromatic carbocycles. The number of alkyl halides is 9. The minimum atomic E-state index is -5.08. The molecule has 3 N–H and O–H groups in total. The molecule has 0 saturated carbocycles. The van der Waals surface area contributed by atoms with Crippen molar-refractivity contribution in [3.05, 3.63) is 95.4 Å². The van der Waals surface area contributed by atoms with Crippen LogP contribution in [0.2, 0.25) is 0 Å². The first-order chi connectivity index (χ1) is 20.3. The molecule has 8 nitrogen and oxygen atoms in total. The second kappa shape index (κ2) is 13.0. The third-order valence-electron chi connectivity index (χ3n) is 5.45. The van der Waals surface area contributed by atoms with E-state index in [0.29, 0.717) is 29.1 Å².